The summed E-state index contributed by atoms with van der Waals surface area (Å²) in [5, 5.41) is 0.342. The van der Waals surface area contributed by atoms with Gasteiger partial charge in [-0.25, -0.2) is 13.4 Å². The van der Waals surface area contributed by atoms with Crippen LogP contribution >= 0.6 is 11.6 Å². The predicted octanol–water partition coefficient (Wildman–Crippen LogP) is 0.409. The van der Waals surface area contributed by atoms with Gasteiger partial charge in [0.05, 0.1) is 10.6 Å². The first-order valence-electron chi connectivity index (χ1n) is 6.72. The van der Waals surface area contributed by atoms with E-state index in [0.29, 0.717) is 16.5 Å². The molecule has 0 aliphatic carbocycles. The van der Waals surface area contributed by atoms with Gasteiger partial charge in [-0.3, -0.25) is 4.57 Å². The average molecular weight is 371 g/mol. The second-order valence-electron chi connectivity index (χ2n) is 5.07. The predicted molar refractivity (Wildman–Crippen MR) is 86.7 cm³/mol. The number of nitrogens with zero attached hydrogens (tertiary/aromatic N) is 2. The van der Waals surface area contributed by atoms with Crippen LogP contribution in [0.25, 0.3) is 16.9 Å². The summed E-state index contributed by atoms with van der Waals surface area (Å²) in [5.41, 5.74) is 3.37. The molecule has 1 heterocycles. The molecule has 0 bridgehead atoms. The Hall–Kier alpha value is -1.15. The van der Waals surface area contributed by atoms with Gasteiger partial charge in [0, 0.05) is 11.3 Å². The molecular weight excluding hydrogens is 359 g/mol. The van der Waals surface area contributed by atoms with Crippen molar-refractivity contribution >= 4 is 21.7 Å². The van der Waals surface area contributed by atoms with E-state index in [1.807, 2.05) is 31.2 Å². The van der Waals surface area contributed by atoms with E-state index in [0.717, 1.165) is 11.1 Å². The molecule has 8 heteroatoms. The van der Waals surface area contributed by atoms with Crippen LogP contribution in [0.4, 0.5) is 0 Å². The number of hydrogen-bond acceptors (Lipinski definition) is 4. The Balaban J connectivity index is 0.00000208. The normalized spacial score (nSPS) is 11.1. The topological polar surface area (TPSA) is 75.0 Å². The summed E-state index contributed by atoms with van der Waals surface area (Å²) in [4.78, 5) is 3.84. The summed E-state index contributed by atoms with van der Waals surface area (Å²) < 4.78 is 34.8. The van der Waals surface area contributed by atoms with Gasteiger partial charge in [-0.15, -0.1) is 0 Å². The van der Waals surface area contributed by atoms with Gasteiger partial charge in [-0.2, -0.15) is 0 Å². The van der Waals surface area contributed by atoms with Crippen LogP contribution in [0.3, 0.4) is 0 Å². The number of rotatable bonds is 3. The molecule has 0 amide bonds. The van der Waals surface area contributed by atoms with E-state index in [-0.39, 0.29) is 34.5 Å². The largest absolute Gasteiger partial charge is 1.00 e. The van der Waals surface area contributed by atoms with Crippen molar-refractivity contribution in [2.75, 3.05) is 0 Å². The van der Waals surface area contributed by atoms with Crippen molar-refractivity contribution in [1.29, 1.82) is 0 Å². The van der Waals surface area contributed by atoms with E-state index in [2.05, 4.69) is 4.98 Å². The Morgan fingerprint density at radius 2 is 1.62 bits per heavy atom. The van der Waals surface area contributed by atoms with Crippen LogP contribution in [-0.2, 0) is 10.1 Å². The number of benzene rings is 2. The molecule has 0 atom stereocenters. The van der Waals surface area contributed by atoms with Crippen LogP contribution < -0.4 is 29.6 Å². The Labute approximate surface area is 167 Å². The smallest absolute Gasteiger partial charge is 0.744 e. The molecule has 2 aromatic carbocycles. The van der Waals surface area contributed by atoms with Gasteiger partial charge in [0.15, 0.2) is 5.15 Å². The van der Waals surface area contributed by atoms with E-state index in [1.165, 1.54) is 12.1 Å². The zero-order chi connectivity index (χ0) is 16.6. The summed E-state index contributed by atoms with van der Waals surface area (Å²) in [6, 6.07) is 13.4. The molecule has 0 saturated carbocycles. The first kappa shape index (κ1) is 19.2. The van der Waals surface area contributed by atoms with Crippen molar-refractivity contribution in [2.45, 2.75) is 11.8 Å². The number of halogens is 1. The molecule has 118 valence electrons. The third kappa shape index (κ3) is 3.91. The molecule has 0 spiro atoms. The zero-order valence-electron chi connectivity index (χ0n) is 13.1. The molecule has 0 aliphatic heterocycles. The van der Waals surface area contributed by atoms with Gasteiger partial charge in [0.1, 0.15) is 16.4 Å². The first-order valence-corrected chi connectivity index (χ1v) is 8.51. The van der Waals surface area contributed by atoms with Crippen molar-refractivity contribution in [2.24, 2.45) is 0 Å². The minimum Gasteiger partial charge on any atom is -0.744 e. The van der Waals surface area contributed by atoms with Crippen molar-refractivity contribution in [3.63, 3.8) is 0 Å². The molecule has 0 saturated heterocycles. The molecule has 0 fully saturated rings. The van der Waals surface area contributed by atoms with Crippen LogP contribution in [-0.4, -0.2) is 22.5 Å². The van der Waals surface area contributed by atoms with Crippen molar-refractivity contribution in [3.8, 4) is 16.9 Å². The standard InChI is InChI=1S/C16H13ClN2O3S.Na/c1-11-2-4-12(5-3-11)15-16(17)18-10-19(15)13-6-8-14(9-7-13)23(20,21)22;/h2-10H,1H3,(H,20,21,22);/q;+1/p-1. The van der Waals surface area contributed by atoms with Crippen LogP contribution in [0, 0.1) is 6.92 Å². The summed E-state index contributed by atoms with van der Waals surface area (Å²) >= 11 is 6.20. The molecule has 5 nitrogen and oxygen atoms in total. The summed E-state index contributed by atoms with van der Waals surface area (Å²) in [6.45, 7) is 1.99. The summed E-state index contributed by atoms with van der Waals surface area (Å²) in [7, 11) is -4.46. The molecule has 24 heavy (non-hydrogen) atoms. The minimum atomic E-state index is -4.46. The number of aryl methyl sites for hydroxylation is 1. The van der Waals surface area contributed by atoms with Gasteiger partial charge in [0.25, 0.3) is 0 Å². The van der Waals surface area contributed by atoms with E-state index < -0.39 is 10.1 Å². The van der Waals surface area contributed by atoms with Gasteiger partial charge < -0.3 is 4.55 Å². The van der Waals surface area contributed by atoms with Gasteiger partial charge >= 0.3 is 29.6 Å². The van der Waals surface area contributed by atoms with E-state index in [4.69, 9.17) is 11.6 Å². The monoisotopic (exact) mass is 370 g/mol. The van der Waals surface area contributed by atoms with E-state index in [9.17, 15) is 13.0 Å². The van der Waals surface area contributed by atoms with Crippen molar-refractivity contribution in [1.82, 2.24) is 9.55 Å². The fraction of sp³-hybridized carbons (Fsp3) is 0.0625. The Kier molecular flexibility index (Phi) is 5.91. The fourth-order valence-corrected chi connectivity index (χ4v) is 2.98. The molecular formula is C16H12ClN2NaO3S. The number of aromatic nitrogens is 2. The van der Waals surface area contributed by atoms with Crippen LogP contribution in [0.2, 0.25) is 5.15 Å². The van der Waals surface area contributed by atoms with Crippen LogP contribution in [0.1, 0.15) is 5.56 Å². The second-order valence-corrected chi connectivity index (χ2v) is 6.81. The molecule has 3 rings (SSSR count). The molecule has 0 aliphatic rings. The molecule has 0 radical (unpaired) electrons. The molecule has 1 aromatic heterocycles. The first-order chi connectivity index (χ1) is 10.9. The third-order valence-corrected chi connectivity index (χ3v) is 4.58. The van der Waals surface area contributed by atoms with Gasteiger partial charge in [-0.1, -0.05) is 41.4 Å². The zero-order valence-corrected chi connectivity index (χ0v) is 16.7. The van der Waals surface area contributed by atoms with Gasteiger partial charge in [-0.05, 0) is 31.2 Å². The Bertz CT molecular complexity index is 952. The second kappa shape index (κ2) is 7.39. The molecule has 0 unspecified atom stereocenters. The number of imidazole rings is 1. The quantitative estimate of drug-likeness (QED) is 0.494. The van der Waals surface area contributed by atoms with Gasteiger partial charge in [0.2, 0.25) is 0 Å². The summed E-state index contributed by atoms with van der Waals surface area (Å²) in [5.74, 6) is 0. The van der Waals surface area contributed by atoms with Crippen molar-refractivity contribution < 1.29 is 42.5 Å². The Morgan fingerprint density at radius 1 is 1.04 bits per heavy atom. The maximum atomic E-state index is 11.0. The fourth-order valence-electron chi connectivity index (χ4n) is 2.27. The molecule has 3 aromatic rings. The Morgan fingerprint density at radius 3 is 2.17 bits per heavy atom. The molecule has 0 N–H and O–H groups in total. The van der Waals surface area contributed by atoms with E-state index >= 15 is 0 Å². The van der Waals surface area contributed by atoms with Crippen molar-refractivity contribution in [3.05, 3.63) is 65.6 Å². The maximum absolute atomic E-state index is 11.0. The summed E-state index contributed by atoms with van der Waals surface area (Å²) in [6.07, 6.45) is 1.55. The average Bonchev–Trinajstić information content (AvgIpc) is 2.89. The maximum Gasteiger partial charge on any atom is 1.00 e. The minimum absolute atomic E-state index is 0. The third-order valence-electron chi connectivity index (χ3n) is 3.45. The number of hydrogen-bond donors (Lipinski definition) is 0. The SMILES string of the molecule is Cc1ccc(-c2c(Cl)ncn2-c2ccc(S(=O)(=O)[O-])cc2)cc1.[Na+]. The van der Waals surface area contributed by atoms with Crippen LogP contribution in [0.15, 0.2) is 59.8 Å². The van der Waals surface area contributed by atoms with Crippen LogP contribution in [0.5, 0.6) is 0 Å². The van der Waals surface area contributed by atoms with E-state index in [1.54, 1.807) is 23.0 Å².